The number of amides is 1. The molecule has 23 heavy (non-hydrogen) atoms. The van der Waals surface area contributed by atoms with Crippen molar-refractivity contribution in [2.45, 2.75) is 4.90 Å². The fourth-order valence-corrected chi connectivity index (χ4v) is 2.13. The normalized spacial score (nSPS) is 10.5. The molecule has 2 rings (SSSR count). The Bertz CT molecular complexity index is 655. The first-order valence-electron chi connectivity index (χ1n) is 6.94. The van der Waals surface area contributed by atoms with E-state index in [1.807, 2.05) is 30.5 Å². The van der Waals surface area contributed by atoms with E-state index in [4.69, 9.17) is 9.47 Å². The van der Waals surface area contributed by atoms with Crippen LogP contribution in [0.15, 0.2) is 58.5 Å². The molecule has 2 aromatic rings. The van der Waals surface area contributed by atoms with Crippen LogP contribution in [0.5, 0.6) is 11.5 Å². The molecule has 0 saturated carbocycles. The summed E-state index contributed by atoms with van der Waals surface area (Å²) in [4.78, 5) is 12.8. The van der Waals surface area contributed by atoms with Gasteiger partial charge in [0.05, 0.1) is 13.3 Å². The van der Waals surface area contributed by atoms with Gasteiger partial charge in [-0.15, -0.1) is 11.8 Å². The number of ether oxygens (including phenoxy) is 2. The van der Waals surface area contributed by atoms with Crippen LogP contribution in [0.1, 0.15) is 5.56 Å². The van der Waals surface area contributed by atoms with Crippen molar-refractivity contribution in [1.29, 1.82) is 0 Å². The zero-order valence-electron chi connectivity index (χ0n) is 13.0. The molecule has 1 amide bonds. The molecule has 0 aliphatic carbocycles. The average molecular weight is 330 g/mol. The minimum absolute atomic E-state index is 0.102. The number of carbonyl (C=O) groups is 1. The average Bonchev–Trinajstić information content (AvgIpc) is 2.61. The zero-order chi connectivity index (χ0) is 16.5. The Labute approximate surface area is 139 Å². The quantitative estimate of drug-likeness (QED) is 0.482. The van der Waals surface area contributed by atoms with E-state index in [0.29, 0.717) is 5.75 Å². The Morgan fingerprint density at radius 1 is 1.13 bits per heavy atom. The summed E-state index contributed by atoms with van der Waals surface area (Å²) in [6, 6.07) is 14.9. The molecule has 0 heterocycles. The lowest BCUT2D eigenvalue weighted by Gasteiger charge is -2.05. The lowest BCUT2D eigenvalue weighted by atomic mass is 10.2. The second-order valence-corrected chi connectivity index (χ2v) is 5.41. The van der Waals surface area contributed by atoms with Crippen molar-refractivity contribution in [3.63, 3.8) is 0 Å². The van der Waals surface area contributed by atoms with Crippen LogP contribution in [0.4, 0.5) is 0 Å². The second-order valence-electron chi connectivity index (χ2n) is 4.53. The molecule has 0 bridgehead atoms. The van der Waals surface area contributed by atoms with Gasteiger partial charge in [0.15, 0.2) is 6.61 Å². The predicted octanol–water partition coefficient (Wildman–Crippen LogP) is 2.95. The Morgan fingerprint density at radius 3 is 2.39 bits per heavy atom. The number of benzene rings is 2. The van der Waals surface area contributed by atoms with Crippen molar-refractivity contribution in [2.24, 2.45) is 5.10 Å². The van der Waals surface area contributed by atoms with Crippen LogP contribution in [0.25, 0.3) is 0 Å². The maximum absolute atomic E-state index is 11.7. The molecule has 1 N–H and O–H groups in total. The largest absolute Gasteiger partial charge is 0.497 e. The number of thioether (sulfide) groups is 1. The van der Waals surface area contributed by atoms with Crippen molar-refractivity contribution in [2.75, 3.05) is 20.0 Å². The minimum atomic E-state index is -0.321. The lowest BCUT2D eigenvalue weighted by Crippen LogP contribution is -2.24. The van der Waals surface area contributed by atoms with Crippen molar-refractivity contribution in [1.82, 2.24) is 5.43 Å². The summed E-state index contributed by atoms with van der Waals surface area (Å²) in [5.41, 5.74) is 3.34. The first-order chi connectivity index (χ1) is 11.2. The minimum Gasteiger partial charge on any atom is -0.497 e. The SMILES string of the molecule is COc1ccc(OCC(=O)N/N=C/c2ccc(SC)cc2)cc1. The third kappa shape index (κ3) is 5.67. The van der Waals surface area contributed by atoms with Gasteiger partial charge in [-0.3, -0.25) is 4.79 Å². The third-order valence-electron chi connectivity index (χ3n) is 2.95. The van der Waals surface area contributed by atoms with Crippen LogP contribution in [0.3, 0.4) is 0 Å². The fraction of sp³-hybridized carbons (Fsp3) is 0.176. The van der Waals surface area contributed by atoms with Crippen molar-refractivity contribution in [3.05, 3.63) is 54.1 Å². The van der Waals surface area contributed by atoms with E-state index < -0.39 is 0 Å². The first kappa shape index (κ1) is 16.9. The van der Waals surface area contributed by atoms with Crippen molar-refractivity contribution in [3.8, 4) is 11.5 Å². The summed E-state index contributed by atoms with van der Waals surface area (Å²) in [5, 5.41) is 3.91. The van der Waals surface area contributed by atoms with E-state index in [-0.39, 0.29) is 12.5 Å². The Hall–Kier alpha value is -2.47. The molecular formula is C17H18N2O3S. The molecular weight excluding hydrogens is 312 g/mol. The van der Waals surface area contributed by atoms with Gasteiger partial charge in [0.2, 0.25) is 0 Å². The summed E-state index contributed by atoms with van der Waals surface area (Å²) >= 11 is 1.67. The van der Waals surface area contributed by atoms with Gasteiger partial charge in [-0.2, -0.15) is 5.10 Å². The predicted molar refractivity (Wildman–Crippen MR) is 92.4 cm³/mol. The van der Waals surface area contributed by atoms with E-state index in [1.54, 1.807) is 49.4 Å². The molecule has 6 heteroatoms. The number of methoxy groups -OCH3 is 1. The van der Waals surface area contributed by atoms with Gasteiger partial charge in [-0.1, -0.05) is 12.1 Å². The van der Waals surface area contributed by atoms with Crippen LogP contribution < -0.4 is 14.9 Å². The Balaban J connectivity index is 1.76. The standard InChI is InChI=1S/C17H18N2O3S/c1-21-14-5-7-15(8-6-14)22-12-17(20)19-18-11-13-3-9-16(23-2)10-4-13/h3-11H,12H2,1-2H3,(H,19,20)/b18-11+. The highest BCUT2D eigenvalue weighted by molar-refractivity contribution is 7.98. The number of rotatable bonds is 7. The summed E-state index contributed by atoms with van der Waals surface area (Å²) in [5.74, 6) is 1.01. The lowest BCUT2D eigenvalue weighted by molar-refractivity contribution is -0.123. The molecule has 0 aliphatic rings. The van der Waals surface area contributed by atoms with Crippen LogP contribution >= 0.6 is 11.8 Å². The highest BCUT2D eigenvalue weighted by Crippen LogP contribution is 2.16. The molecule has 0 atom stereocenters. The summed E-state index contributed by atoms with van der Waals surface area (Å²) in [7, 11) is 1.59. The Morgan fingerprint density at radius 2 is 1.78 bits per heavy atom. The maximum Gasteiger partial charge on any atom is 0.277 e. The number of nitrogens with one attached hydrogen (secondary N) is 1. The van der Waals surface area contributed by atoms with Gasteiger partial charge in [0, 0.05) is 4.90 Å². The van der Waals surface area contributed by atoms with Gasteiger partial charge in [-0.25, -0.2) is 5.43 Å². The summed E-state index contributed by atoms with van der Waals surface area (Å²) < 4.78 is 10.4. The Kier molecular flexibility index (Phi) is 6.50. The van der Waals surface area contributed by atoms with E-state index in [2.05, 4.69) is 10.5 Å². The van der Waals surface area contributed by atoms with Gasteiger partial charge in [0.25, 0.3) is 5.91 Å². The van der Waals surface area contributed by atoms with Crippen LogP contribution in [-0.4, -0.2) is 32.1 Å². The van der Waals surface area contributed by atoms with Crippen LogP contribution in [0, 0.1) is 0 Å². The topological polar surface area (TPSA) is 59.9 Å². The number of carbonyl (C=O) groups excluding carboxylic acids is 1. The third-order valence-corrected chi connectivity index (χ3v) is 3.69. The van der Waals surface area contributed by atoms with Crippen LogP contribution in [-0.2, 0) is 4.79 Å². The van der Waals surface area contributed by atoms with Crippen molar-refractivity contribution < 1.29 is 14.3 Å². The molecule has 120 valence electrons. The van der Waals surface area contributed by atoms with E-state index in [1.165, 1.54) is 4.90 Å². The highest BCUT2D eigenvalue weighted by Gasteiger charge is 2.01. The fourth-order valence-electron chi connectivity index (χ4n) is 1.72. The van der Waals surface area contributed by atoms with Gasteiger partial charge < -0.3 is 9.47 Å². The molecule has 0 spiro atoms. The highest BCUT2D eigenvalue weighted by atomic mass is 32.2. The monoisotopic (exact) mass is 330 g/mol. The second kappa shape index (κ2) is 8.85. The summed E-state index contributed by atoms with van der Waals surface area (Å²) in [6.07, 6.45) is 3.61. The van der Waals surface area contributed by atoms with Gasteiger partial charge in [0.1, 0.15) is 11.5 Å². The van der Waals surface area contributed by atoms with E-state index >= 15 is 0 Å². The first-order valence-corrected chi connectivity index (χ1v) is 8.16. The zero-order valence-corrected chi connectivity index (χ0v) is 13.8. The number of nitrogens with zero attached hydrogens (tertiary/aromatic N) is 1. The smallest absolute Gasteiger partial charge is 0.277 e. The molecule has 0 radical (unpaired) electrons. The van der Waals surface area contributed by atoms with Crippen LogP contribution in [0.2, 0.25) is 0 Å². The molecule has 5 nitrogen and oxygen atoms in total. The molecule has 0 unspecified atom stereocenters. The van der Waals surface area contributed by atoms with E-state index in [0.717, 1.165) is 11.3 Å². The molecule has 0 fully saturated rings. The number of hydrogen-bond donors (Lipinski definition) is 1. The molecule has 0 aromatic heterocycles. The molecule has 2 aromatic carbocycles. The number of hydrogen-bond acceptors (Lipinski definition) is 5. The maximum atomic E-state index is 11.7. The van der Waals surface area contributed by atoms with Gasteiger partial charge >= 0.3 is 0 Å². The van der Waals surface area contributed by atoms with Crippen molar-refractivity contribution >= 4 is 23.9 Å². The summed E-state index contributed by atoms with van der Waals surface area (Å²) in [6.45, 7) is -0.102. The van der Waals surface area contributed by atoms with Gasteiger partial charge in [-0.05, 0) is 48.2 Å². The molecule has 0 aliphatic heterocycles. The number of hydrazone groups is 1. The molecule has 0 saturated heterocycles. The van der Waals surface area contributed by atoms with E-state index in [9.17, 15) is 4.79 Å².